The number of nitrogens with zero attached hydrogens (tertiary/aromatic N) is 1. The number of unbranched alkanes of at least 4 members (excludes halogenated alkanes) is 15. The Hall–Kier alpha value is -1.57. The second-order valence-electron chi connectivity index (χ2n) is 11.0. The van der Waals surface area contributed by atoms with Crippen molar-refractivity contribution in [2.75, 3.05) is 0 Å². The second-order valence-corrected chi connectivity index (χ2v) is 11.0. The van der Waals surface area contributed by atoms with Gasteiger partial charge in [-0.15, -0.1) is 0 Å². The molecule has 2 atom stereocenters. The molecule has 0 radical (unpaired) electrons. The third-order valence-corrected chi connectivity index (χ3v) is 7.87. The summed E-state index contributed by atoms with van der Waals surface area (Å²) in [6, 6.07) is 11.8. The molecule has 2 nitrogen and oxygen atoms in total. The Morgan fingerprint density at radius 2 is 1.14 bits per heavy atom. The summed E-state index contributed by atoms with van der Waals surface area (Å²) in [7, 11) is 0. The lowest BCUT2D eigenvalue weighted by Crippen LogP contribution is -2.42. The number of H-pyrrole nitrogens is 1. The summed E-state index contributed by atoms with van der Waals surface area (Å²) in [4.78, 5) is 3.33. The minimum absolute atomic E-state index is 0.607. The van der Waals surface area contributed by atoms with Crippen molar-refractivity contribution in [1.82, 2.24) is 4.98 Å². The Bertz CT molecular complexity index is 678. The van der Waals surface area contributed by atoms with E-state index in [1.807, 2.05) is 0 Å². The van der Waals surface area contributed by atoms with E-state index in [0.717, 1.165) is 0 Å². The first-order chi connectivity index (χ1) is 17.3. The molecule has 1 N–H and O–H groups in total. The number of aromatic amines is 1. The van der Waals surface area contributed by atoms with E-state index >= 15 is 0 Å². The quantitative estimate of drug-likeness (QED) is 0.120. The molecule has 0 saturated carbocycles. The van der Waals surface area contributed by atoms with Gasteiger partial charge in [0.25, 0.3) is 0 Å². The number of rotatable bonds is 23. The molecule has 0 bridgehead atoms. The molecule has 0 aliphatic heterocycles. The van der Waals surface area contributed by atoms with Crippen LogP contribution in [0.3, 0.4) is 0 Å². The Morgan fingerprint density at radius 1 is 0.629 bits per heavy atom. The lowest BCUT2D eigenvalue weighted by atomic mass is 9.84. The van der Waals surface area contributed by atoms with Crippen molar-refractivity contribution in [3.63, 3.8) is 0 Å². The van der Waals surface area contributed by atoms with Crippen LogP contribution in [0.5, 0.6) is 0 Å². The number of nitrogens with one attached hydrogen (secondary N) is 1. The normalized spacial score (nSPS) is 13.2. The monoisotopic (exact) mass is 481 g/mol. The number of hydrogen-bond donors (Lipinski definition) is 1. The highest BCUT2D eigenvalue weighted by Gasteiger charge is 2.26. The molecule has 2 heteroatoms. The first-order valence-corrected chi connectivity index (χ1v) is 15.4. The Kier molecular flexibility index (Phi) is 17.5. The molecule has 0 aliphatic rings. The van der Waals surface area contributed by atoms with Gasteiger partial charge >= 0.3 is 0 Å². The zero-order valence-corrected chi connectivity index (χ0v) is 23.4. The average Bonchev–Trinajstić information content (AvgIpc) is 3.41. The van der Waals surface area contributed by atoms with Gasteiger partial charge in [-0.25, -0.2) is 4.57 Å². The fraction of sp³-hybridized carbons (Fsp3) is 0.727. The second kappa shape index (κ2) is 20.6. The summed E-state index contributed by atoms with van der Waals surface area (Å²) in [5, 5.41) is 0. The average molecular weight is 482 g/mol. The van der Waals surface area contributed by atoms with Gasteiger partial charge in [0.2, 0.25) is 6.33 Å². The molecule has 1 heterocycles. The lowest BCUT2D eigenvalue weighted by molar-refractivity contribution is -0.730. The smallest absolute Gasteiger partial charge is 0.241 e. The molecule has 0 spiro atoms. The summed E-state index contributed by atoms with van der Waals surface area (Å²) in [5.74, 6) is 0.715. The summed E-state index contributed by atoms with van der Waals surface area (Å²) in [5.41, 5.74) is 1.50. The zero-order valence-electron chi connectivity index (χ0n) is 23.4. The molecule has 1 aromatic heterocycles. The molecule has 0 saturated heterocycles. The lowest BCUT2D eigenvalue weighted by Gasteiger charge is -2.25. The maximum absolute atomic E-state index is 3.33. The van der Waals surface area contributed by atoms with Crippen LogP contribution in [0.15, 0.2) is 49.1 Å². The summed E-state index contributed by atoms with van der Waals surface area (Å²) < 4.78 is 2.49. The van der Waals surface area contributed by atoms with Crippen molar-refractivity contribution in [1.29, 1.82) is 0 Å². The fourth-order valence-corrected chi connectivity index (χ4v) is 5.69. The van der Waals surface area contributed by atoms with E-state index in [0.29, 0.717) is 12.0 Å². The van der Waals surface area contributed by atoms with Crippen molar-refractivity contribution in [3.05, 3.63) is 54.6 Å². The zero-order chi connectivity index (χ0) is 24.8. The van der Waals surface area contributed by atoms with Crippen LogP contribution >= 0.6 is 0 Å². The standard InChI is InChI=1S/C33H56N2/c1-3-5-7-9-11-12-13-15-17-22-26-33(35-28-27-34-30-35)32(29-31-23-19-18-20-24-31)25-21-16-14-10-8-6-4-2/h18-20,23-24,27-28,30,32-33H,3-17,21-22,25-26,29H2,1-2H3/p+1. The van der Waals surface area contributed by atoms with Crippen molar-refractivity contribution >= 4 is 0 Å². The van der Waals surface area contributed by atoms with E-state index < -0.39 is 0 Å². The number of benzene rings is 1. The van der Waals surface area contributed by atoms with Gasteiger partial charge in [-0.05, 0) is 31.2 Å². The minimum atomic E-state index is 0.607. The predicted octanol–water partition coefficient (Wildman–Crippen LogP) is 10.2. The van der Waals surface area contributed by atoms with Crippen molar-refractivity contribution < 1.29 is 4.57 Å². The Labute approximate surface area is 218 Å². The van der Waals surface area contributed by atoms with Crippen molar-refractivity contribution in [2.24, 2.45) is 5.92 Å². The van der Waals surface area contributed by atoms with Gasteiger partial charge in [-0.1, -0.05) is 147 Å². The van der Waals surface area contributed by atoms with Gasteiger partial charge in [-0.3, -0.25) is 4.98 Å². The van der Waals surface area contributed by atoms with Crippen LogP contribution in [0.2, 0.25) is 0 Å². The van der Waals surface area contributed by atoms with Crippen LogP contribution in [0.1, 0.15) is 147 Å². The molecular weight excluding hydrogens is 424 g/mol. The van der Waals surface area contributed by atoms with Gasteiger partial charge in [0.15, 0.2) is 0 Å². The molecule has 2 aromatic rings. The molecule has 0 aliphatic carbocycles. The van der Waals surface area contributed by atoms with E-state index in [2.05, 4.69) is 72.5 Å². The first-order valence-electron chi connectivity index (χ1n) is 15.4. The van der Waals surface area contributed by atoms with E-state index in [-0.39, 0.29) is 0 Å². The SMILES string of the molecule is CCCCCCCCCCCCC(C(CCCCCCCCC)Cc1ccccc1)[n+]1cc[nH]c1. The van der Waals surface area contributed by atoms with Gasteiger partial charge < -0.3 is 0 Å². The van der Waals surface area contributed by atoms with Gasteiger partial charge in [0, 0.05) is 5.92 Å². The summed E-state index contributed by atoms with van der Waals surface area (Å²) in [6.45, 7) is 4.61. The molecular formula is C33H57N2+. The third kappa shape index (κ3) is 13.9. The maximum atomic E-state index is 3.33. The van der Waals surface area contributed by atoms with Crippen molar-refractivity contribution in [3.8, 4) is 0 Å². The molecule has 0 amide bonds. The molecule has 198 valence electrons. The van der Waals surface area contributed by atoms with Gasteiger partial charge in [0.05, 0.1) is 0 Å². The fourth-order valence-electron chi connectivity index (χ4n) is 5.69. The number of imidazole rings is 1. The molecule has 1 aromatic carbocycles. The van der Waals surface area contributed by atoms with E-state index in [4.69, 9.17) is 0 Å². The van der Waals surface area contributed by atoms with Crippen LogP contribution in [0, 0.1) is 5.92 Å². The Balaban J connectivity index is 1.83. The molecule has 0 fully saturated rings. The van der Waals surface area contributed by atoms with Crippen LogP contribution in [-0.4, -0.2) is 4.98 Å². The summed E-state index contributed by atoms with van der Waals surface area (Å²) >= 11 is 0. The van der Waals surface area contributed by atoms with Crippen LogP contribution in [0.4, 0.5) is 0 Å². The van der Waals surface area contributed by atoms with Crippen LogP contribution < -0.4 is 4.57 Å². The molecule has 35 heavy (non-hydrogen) atoms. The van der Waals surface area contributed by atoms with Crippen molar-refractivity contribution in [2.45, 2.75) is 148 Å². The van der Waals surface area contributed by atoms with Crippen LogP contribution in [0.25, 0.3) is 0 Å². The highest BCUT2D eigenvalue weighted by molar-refractivity contribution is 5.15. The molecule has 2 unspecified atom stereocenters. The molecule has 2 rings (SSSR count). The minimum Gasteiger partial charge on any atom is -0.250 e. The predicted molar refractivity (Wildman–Crippen MR) is 153 cm³/mol. The van der Waals surface area contributed by atoms with E-state index in [1.54, 1.807) is 0 Å². The van der Waals surface area contributed by atoms with E-state index in [1.165, 1.54) is 134 Å². The van der Waals surface area contributed by atoms with Gasteiger partial charge in [-0.2, -0.15) is 0 Å². The van der Waals surface area contributed by atoms with Crippen LogP contribution in [-0.2, 0) is 6.42 Å². The van der Waals surface area contributed by atoms with E-state index in [9.17, 15) is 0 Å². The number of aromatic nitrogens is 2. The maximum Gasteiger partial charge on any atom is 0.241 e. The number of hydrogen-bond acceptors (Lipinski definition) is 0. The largest absolute Gasteiger partial charge is 0.250 e. The Morgan fingerprint density at radius 3 is 1.66 bits per heavy atom. The first kappa shape index (κ1) is 29.7. The summed E-state index contributed by atoms with van der Waals surface area (Å²) in [6.07, 6.45) is 34.4. The third-order valence-electron chi connectivity index (χ3n) is 7.87. The topological polar surface area (TPSA) is 19.7 Å². The van der Waals surface area contributed by atoms with Gasteiger partial charge in [0.1, 0.15) is 18.4 Å². The highest BCUT2D eigenvalue weighted by atomic mass is 15.1. The highest BCUT2D eigenvalue weighted by Crippen LogP contribution is 2.29.